The number of carbonyl (C=O) groups excluding carboxylic acids is 1. The summed E-state index contributed by atoms with van der Waals surface area (Å²) in [6, 6.07) is 14.4. The van der Waals surface area contributed by atoms with Gasteiger partial charge in [0.15, 0.2) is 11.5 Å². The monoisotopic (exact) mass is 541 g/mol. The summed E-state index contributed by atoms with van der Waals surface area (Å²) in [5.74, 6) is 0.988. The zero-order chi connectivity index (χ0) is 28.2. The van der Waals surface area contributed by atoms with Gasteiger partial charge in [-0.25, -0.2) is 4.98 Å². The molecule has 3 heterocycles. The van der Waals surface area contributed by atoms with Crippen molar-refractivity contribution in [1.82, 2.24) is 19.4 Å². The number of rotatable bonds is 8. The second-order valence-corrected chi connectivity index (χ2v) is 9.44. The highest BCUT2D eigenvalue weighted by atomic mass is 16.5. The van der Waals surface area contributed by atoms with E-state index in [0.29, 0.717) is 39.9 Å². The van der Waals surface area contributed by atoms with Gasteiger partial charge in [-0.2, -0.15) is 4.98 Å². The fourth-order valence-electron chi connectivity index (χ4n) is 4.48. The highest BCUT2D eigenvalue weighted by Gasteiger charge is 2.17. The number of amides is 1. The van der Waals surface area contributed by atoms with Gasteiger partial charge in [0.25, 0.3) is 5.56 Å². The standard InChI is InChI=1S/C29H31N7O4/c1-5-26(37)31-21-8-6-7-9-23(21)40-25-16-19-18-30-29(33-27(19)35(3)28(25)38)32-22-11-10-20(17-24(22)39-4)36-14-12-34(2)13-15-36/h5-11,16-18H,1,12-15H2,2-4H3,(H,31,37)(H,30,32,33). The van der Waals surface area contributed by atoms with Crippen molar-refractivity contribution < 1.29 is 14.3 Å². The van der Waals surface area contributed by atoms with Crippen LogP contribution in [0, 0.1) is 0 Å². The van der Waals surface area contributed by atoms with Gasteiger partial charge < -0.3 is 29.9 Å². The van der Waals surface area contributed by atoms with Crippen molar-refractivity contribution in [3.63, 3.8) is 0 Å². The molecule has 2 aromatic carbocycles. The number of hydrogen-bond donors (Lipinski definition) is 2. The van der Waals surface area contributed by atoms with Crippen molar-refractivity contribution in [2.75, 3.05) is 55.9 Å². The first-order valence-corrected chi connectivity index (χ1v) is 12.8. The number of pyridine rings is 1. The largest absolute Gasteiger partial charge is 0.494 e. The number of benzene rings is 2. The number of aryl methyl sites for hydroxylation is 1. The summed E-state index contributed by atoms with van der Waals surface area (Å²) in [5.41, 5.74) is 2.25. The van der Waals surface area contributed by atoms with Crippen LogP contribution in [0.1, 0.15) is 0 Å². The molecule has 2 N–H and O–H groups in total. The summed E-state index contributed by atoms with van der Waals surface area (Å²) in [7, 11) is 5.37. The lowest BCUT2D eigenvalue weighted by molar-refractivity contribution is -0.111. The molecule has 11 heteroatoms. The number of methoxy groups -OCH3 is 1. The molecule has 2 aromatic heterocycles. The minimum absolute atomic E-state index is 0.0702. The molecular weight excluding hydrogens is 510 g/mol. The van der Waals surface area contributed by atoms with E-state index in [0.717, 1.165) is 37.9 Å². The minimum Gasteiger partial charge on any atom is -0.494 e. The number of fused-ring (bicyclic) bond motifs is 1. The molecule has 1 saturated heterocycles. The average Bonchev–Trinajstić information content (AvgIpc) is 2.97. The zero-order valence-corrected chi connectivity index (χ0v) is 22.7. The number of likely N-dealkylation sites (N-methyl/N-ethyl adjacent to an activating group) is 1. The van der Waals surface area contributed by atoms with Crippen LogP contribution in [0.5, 0.6) is 17.2 Å². The average molecular weight is 542 g/mol. The molecule has 0 radical (unpaired) electrons. The minimum atomic E-state index is -0.392. The summed E-state index contributed by atoms with van der Waals surface area (Å²) in [5, 5.41) is 6.50. The van der Waals surface area contributed by atoms with E-state index in [1.54, 1.807) is 50.7 Å². The van der Waals surface area contributed by atoms with E-state index in [2.05, 4.69) is 44.0 Å². The lowest BCUT2D eigenvalue weighted by Gasteiger charge is -2.34. The molecule has 1 aliphatic rings. The van der Waals surface area contributed by atoms with Crippen molar-refractivity contribution in [3.8, 4) is 17.2 Å². The van der Waals surface area contributed by atoms with Gasteiger partial charge in [0.05, 0.1) is 18.5 Å². The molecule has 206 valence electrons. The van der Waals surface area contributed by atoms with Gasteiger partial charge in [0.1, 0.15) is 11.4 Å². The smallest absolute Gasteiger partial charge is 0.294 e. The molecule has 0 saturated carbocycles. The predicted octanol–water partition coefficient (Wildman–Crippen LogP) is 3.75. The maximum Gasteiger partial charge on any atom is 0.294 e. The Morgan fingerprint density at radius 1 is 1.00 bits per heavy atom. The number of hydrogen-bond acceptors (Lipinski definition) is 9. The van der Waals surface area contributed by atoms with Crippen molar-refractivity contribution in [2.45, 2.75) is 0 Å². The Bertz CT molecular complexity index is 1630. The summed E-state index contributed by atoms with van der Waals surface area (Å²) in [6.07, 6.45) is 2.78. The molecule has 0 bridgehead atoms. The summed E-state index contributed by atoms with van der Waals surface area (Å²) in [4.78, 5) is 38.7. The van der Waals surface area contributed by atoms with Crippen LogP contribution in [0.2, 0.25) is 0 Å². The van der Waals surface area contributed by atoms with Gasteiger partial charge in [-0.05, 0) is 43.5 Å². The summed E-state index contributed by atoms with van der Waals surface area (Å²) in [6.45, 7) is 7.39. The molecule has 0 atom stereocenters. The maximum atomic E-state index is 13.2. The molecule has 1 fully saturated rings. The summed E-state index contributed by atoms with van der Waals surface area (Å²) < 4.78 is 13.0. The van der Waals surface area contributed by atoms with Gasteiger partial charge in [-0.15, -0.1) is 0 Å². The maximum absolute atomic E-state index is 13.2. The lowest BCUT2D eigenvalue weighted by Crippen LogP contribution is -2.44. The van der Waals surface area contributed by atoms with Gasteiger partial charge in [0, 0.05) is 56.6 Å². The van der Waals surface area contributed by atoms with Crippen LogP contribution >= 0.6 is 0 Å². The number of ether oxygens (including phenoxy) is 2. The lowest BCUT2D eigenvalue weighted by atomic mass is 10.2. The molecular formula is C29H31N7O4. The summed E-state index contributed by atoms with van der Waals surface area (Å²) >= 11 is 0. The Morgan fingerprint density at radius 3 is 2.52 bits per heavy atom. The topological polar surface area (TPSA) is 114 Å². The Hall–Kier alpha value is -4.90. The number of carbonyl (C=O) groups is 1. The number of aromatic nitrogens is 3. The molecule has 1 aliphatic heterocycles. The van der Waals surface area contributed by atoms with Crippen LogP contribution in [-0.2, 0) is 11.8 Å². The van der Waals surface area contributed by atoms with Gasteiger partial charge in [-0.3, -0.25) is 14.2 Å². The van der Waals surface area contributed by atoms with Crippen LogP contribution in [0.4, 0.5) is 23.0 Å². The van der Waals surface area contributed by atoms with E-state index in [1.165, 1.54) is 4.57 Å². The highest BCUT2D eigenvalue weighted by Crippen LogP contribution is 2.33. The Balaban J connectivity index is 1.40. The van der Waals surface area contributed by atoms with E-state index in [1.807, 2.05) is 18.2 Å². The molecule has 1 amide bonds. The first kappa shape index (κ1) is 26.7. The van der Waals surface area contributed by atoms with E-state index in [9.17, 15) is 9.59 Å². The molecule has 11 nitrogen and oxygen atoms in total. The normalized spacial score (nSPS) is 13.6. The Labute approximate surface area is 231 Å². The van der Waals surface area contributed by atoms with Crippen molar-refractivity contribution >= 4 is 40.0 Å². The fourth-order valence-corrected chi connectivity index (χ4v) is 4.48. The van der Waals surface area contributed by atoms with E-state index >= 15 is 0 Å². The Kier molecular flexibility index (Phi) is 7.65. The molecule has 40 heavy (non-hydrogen) atoms. The molecule has 5 rings (SSSR count). The van der Waals surface area contributed by atoms with Crippen LogP contribution in [0.15, 0.2) is 72.2 Å². The number of para-hydroxylation sites is 2. The molecule has 0 spiro atoms. The van der Waals surface area contributed by atoms with Crippen molar-refractivity contribution in [2.24, 2.45) is 7.05 Å². The SMILES string of the molecule is C=CC(=O)Nc1ccccc1Oc1cc2cnc(Nc3ccc(N4CCN(C)CC4)cc3OC)nc2n(C)c1=O. The number of nitrogens with one attached hydrogen (secondary N) is 2. The Morgan fingerprint density at radius 2 is 1.77 bits per heavy atom. The zero-order valence-electron chi connectivity index (χ0n) is 22.7. The number of nitrogens with zero attached hydrogens (tertiary/aromatic N) is 5. The third kappa shape index (κ3) is 5.59. The predicted molar refractivity (Wildman–Crippen MR) is 156 cm³/mol. The van der Waals surface area contributed by atoms with Gasteiger partial charge in [-0.1, -0.05) is 18.7 Å². The fraction of sp³-hybridized carbons (Fsp3) is 0.241. The quantitative estimate of drug-likeness (QED) is 0.322. The van der Waals surface area contributed by atoms with E-state index in [-0.39, 0.29) is 11.7 Å². The molecule has 0 aliphatic carbocycles. The first-order chi connectivity index (χ1) is 19.4. The van der Waals surface area contributed by atoms with Gasteiger partial charge in [0.2, 0.25) is 11.9 Å². The van der Waals surface area contributed by atoms with Crippen LogP contribution in [-0.4, -0.2) is 65.7 Å². The third-order valence-corrected chi connectivity index (χ3v) is 6.77. The first-order valence-electron chi connectivity index (χ1n) is 12.8. The van der Waals surface area contributed by atoms with Crippen molar-refractivity contribution in [3.05, 3.63) is 77.7 Å². The van der Waals surface area contributed by atoms with Crippen LogP contribution < -0.4 is 30.6 Å². The third-order valence-electron chi connectivity index (χ3n) is 6.77. The van der Waals surface area contributed by atoms with E-state index in [4.69, 9.17) is 9.47 Å². The van der Waals surface area contributed by atoms with E-state index < -0.39 is 5.56 Å². The van der Waals surface area contributed by atoms with Crippen LogP contribution in [0.3, 0.4) is 0 Å². The second-order valence-electron chi connectivity index (χ2n) is 9.44. The van der Waals surface area contributed by atoms with Crippen molar-refractivity contribution in [1.29, 1.82) is 0 Å². The number of piperazine rings is 1. The van der Waals surface area contributed by atoms with Gasteiger partial charge >= 0.3 is 0 Å². The highest BCUT2D eigenvalue weighted by molar-refractivity contribution is 5.99. The van der Waals surface area contributed by atoms with Crippen LogP contribution in [0.25, 0.3) is 11.0 Å². The molecule has 0 unspecified atom stereocenters. The molecule has 4 aromatic rings. The second kappa shape index (κ2) is 11.5. The number of anilines is 4.